The molecule has 0 atom stereocenters. The van der Waals surface area contributed by atoms with Gasteiger partial charge in [0, 0.05) is 12.1 Å². The average Bonchev–Trinajstić information content (AvgIpc) is 2.49. The van der Waals surface area contributed by atoms with Crippen molar-refractivity contribution in [2.24, 2.45) is 5.73 Å². The first-order valence-corrected chi connectivity index (χ1v) is 7.55. The molecular weight excluding hydrogens is 248 g/mol. The molecule has 1 aliphatic rings. The number of nitrogens with one attached hydrogen (secondary N) is 1. The molecular formula is C17H24N2O. The molecule has 20 heavy (non-hydrogen) atoms. The molecule has 0 spiro atoms. The lowest BCUT2D eigenvalue weighted by molar-refractivity contribution is 0.0953. The molecule has 0 aliphatic heterocycles. The highest BCUT2D eigenvalue weighted by Crippen LogP contribution is 2.19. The zero-order chi connectivity index (χ0) is 14.2. The zero-order valence-corrected chi connectivity index (χ0v) is 12.0. The number of carbonyl (C=O) groups excluding carboxylic acids is 1. The van der Waals surface area contributed by atoms with Gasteiger partial charge in [0.2, 0.25) is 0 Å². The number of amides is 1. The van der Waals surface area contributed by atoms with Crippen LogP contribution in [0.25, 0.3) is 0 Å². The summed E-state index contributed by atoms with van der Waals surface area (Å²) in [4.78, 5) is 12.2. The maximum Gasteiger partial charge on any atom is 0.251 e. The highest BCUT2D eigenvalue weighted by atomic mass is 16.1. The Morgan fingerprint density at radius 1 is 1.20 bits per heavy atom. The summed E-state index contributed by atoms with van der Waals surface area (Å²) in [5, 5.41) is 3.02. The molecule has 1 aromatic rings. The Kier molecular flexibility index (Phi) is 5.81. The van der Waals surface area contributed by atoms with Crippen molar-refractivity contribution in [2.75, 3.05) is 13.1 Å². The van der Waals surface area contributed by atoms with Crippen LogP contribution >= 0.6 is 0 Å². The van der Waals surface area contributed by atoms with Gasteiger partial charge in [-0.05, 0) is 56.7 Å². The second kappa shape index (κ2) is 7.85. The van der Waals surface area contributed by atoms with Crippen LogP contribution in [0.15, 0.2) is 35.9 Å². The Balaban J connectivity index is 1.86. The summed E-state index contributed by atoms with van der Waals surface area (Å²) < 4.78 is 0. The van der Waals surface area contributed by atoms with Gasteiger partial charge in [0.15, 0.2) is 0 Å². The minimum absolute atomic E-state index is 0.0189. The molecule has 0 heterocycles. The molecule has 0 fully saturated rings. The van der Waals surface area contributed by atoms with Gasteiger partial charge in [-0.2, -0.15) is 0 Å². The topological polar surface area (TPSA) is 55.1 Å². The quantitative estimate of drug-likeness (QED) is 0.782. The Bertz CT molecular complexity index is 480. The normalized spacial score (nSPS) is 14.8. The number of hydrogen-bond donors (Lipinski definition) is 2. The molecule has 2 rings (SSSR count). The maximum absolute atomic E-state index is 12.2. The zero-order valence-electron chi connectivity index (χ0n) is 12.0. The number of carbonyl (C=O) groups is 1. The molecule has 3 N–H and O–H groups in total. The predicted octanol–water partition coefficient (Wildman–Crippen LogP) is 2.81. The molecule has 3 heteroatoms. The van der Waals surface area contributed by atoms with E-state index in [1.807, 2.05) is 24.3 Å². The summed E-state index contributed by atoms with van der Waals surface area (Å²) in [5.41, 5.74) is 8.87. The van der Waals surface area contributed by atoms with Crippen molar-refractivity contribution in [1.29, 1.82) is 0 Å². The van der Waals surface area contributed by atoms with E-state index in [2.05, 4.69) is 11.4 Å². The third-order valence-electron chi connectivity index (χ3n) is 3.79. The molecule has 108 valence electrons. The van der Waals surface area contributed by atoms with Crippen molar-refractivity contribution in [2.45, 2.75) is 38.5 Å². The van der Waals surface area contributed by atoms with Crippen molar-refractivity contribution in [1.82, 2.24) is 5.32 Å². The molecule has 1 aliphatic carbocycles. The van der Waals surface area contributed by atoms with Crippen LogP contribution in [0.2, 0.25) is 0 Å². The molecule has 0 radical (unpaired) electrons. The van der Waals surface area contributed by atoms with Gasteiger partial charge in [0.05, 0.1) is 0 Å². The van der Waals surface area contributed by atoms with Crippen LogP contribution in [0, 0.1) is 0 Å². The molecule has 3 nitrogen and oxygen atoms in total. The maximum atomic E-state index is 12.2. The third kappa shape index (κ3) is 4.20. The molecule has 1 aromatic carbocycles. The van der Waals surface area contributed by atoms with Gasteiger partial charge in [0.25, 0.3) is 5.91 Å². The van der Waals surface area contributed by atoms with Crippen molar-refractivity contribution in [3.05, 3.63) is 47.0 Å². The van der Waals surface area contributed by atoms with Gasteiger partial charge in [-0.1, -0.05) is 29.8 Å². The van der Waals surface area contributed by atoms with E-state index in [1.54, 1.807) is 0 Å². The Morgan fingerprint density at radius 3 is 2.80 bits per heavy atom. The summed E-state index contributed by atoms with van der Waals surface area (Å²) >= 11 is 0. The number of benzene rings is 1. The Morgan fingerprint density at radius 2 is 2.05 bits per heavy atom. The van der Waals surface area contributed by atoms with E-state index < -0.39 is 0 Å². The standard InChI is InChI=1S/C17H24N2O/c18-12-10-15-8-4-5-9-16(15)17(20)19-13-11-14-6-2-1-3-7-14/h4-6,8-9H,1-3,7,10-13,18H2,(H,19,20). The highest BCUT2D eigenvalue weighted by Gasteiger charge is 2.10. The van der Waals surface area contributed by atoms with Gasteiger partial charge < -0.3 is 11.1 Å². The van der Waals surface area contributed by atoms with E-state index in [9.17, 15) is 4.79 Å². The van der Waals surface area contributed by atoms with E-state index >= 15 is 0 Å². The average molecular weight is 272 g/mol. The van der Waals surface area contributed by atoms with Crippen LogP contribution in [-0.2, 0) is 6.42 Å². The van der Waals surface area contributed by atoms with E-state index in [-0.39, 0.29) is 5.91 Å². The Labute approximate surface area is 121 Å². The summed E-state index contributed by atoms with van der Waals surface area (Å²) in [6.07, 6.45) is 9.04. The van der Waals surface area contributed by atoms with E-state index in [0.717, 1.165) is 30.5 Å². The summed E-state index contributed by atoms with van der Waals surface area (Å²) in [6.45, 7) is 1.29. The van der Waals surface area contributed by atoms with Crippen LogP contribution in [0.3, 0.4) is 0 Å². The van der Waals surface area contributed by atoms with Crippen LogP contribution < -0.4 is 11.1 Å². The number of nitrogens with two attached hydrogens (primary N) is 1. The second-order valence-corrected chi connectivity index (χ2v) is 5.31. The largest absolute Gasteiger partial charge is 0.352 e. The fraction of sp³-hybridized carbons (Fsp3) is 0.471. The van der Waals surface area contributed by atoms with Crippen LogP contribution in [-0.4, -0.2) is 19.0 Å². The molecule has 0 saturated carbocycles. The smallest absolute Gasteiger partial charge is 0.251 e. The minimum Gasteiger partial charge on any atom is -0.352 e. The highest BCUT2D eigenvalue weighted by molar-refractivity contribution is 5.95. The number of rotatable bonds is 6. The molecule has 0 aromatic heterocycles. The Hall–Kier alpha value is -1.61. The summed E-state index contributed by atoms with van der Waals surface area (Å²) in [5.74, 6) is 0.0189. The van der Waals surface area contributed by atoms with E-state index in [4.69, 9.17) is 5.73 Å². The predicted molar refractivity (Wildman–Crippen MR) is 82.7 cm³/mol. The fourth-order valence-corrected chi connectivity index (χ4v) is 2.68. The molecule has 1 amide bonds. The summed E-state index contributed by atoms with van der Waals surface area (Å²) in [6, 6.07) is 7.71. The lowest BCUT2D eigenvalue weighted by atomic mass is 9.97. The van der Waals surface area contributed by atoms with Gasteiger partial charge >= 0.3 is 0 Å². The van der Waals surface area contributed by atoms with Crippen molar-refractivity contribution >= 4 is 5.91 Å². The van der Waals surface area contributed by atoms with Gasteiger partial charge in [-0.25, -0.2) is 0 Å². The molecule has 0 unspecified atom stereocenters. The molecule has 0 bridgehead atoms. The molecule has 0 saturated heterocycles. The van der Waals surface area contributed by atoms with Crippen molar-refractivity contribution in [3.63, 3.8) is 0 Å². The van der Waals surface area contributed by atoms with Crippen molar-refractivity contribution in [3.8, 4) is 0 Å². The van der Waals surface area contributed by atoms with Gasteiger partial charge in [-0.15, -0.1) is 0 Å². The SMILES string of the molecule is NCCc1ccccc1C(=O)NCCC1=CCCCC1. The first-order valence-electron chi connectivity index (χ1n) is 7.55. The lowest BCUT2D eigenvalue weighted by Gasteiger charge is -2.13. The van der Waals surface area contributed by atoms with Gasteiger partial charge in [0.1, 0.15) is 0 Å². The van der Waals surface area contributed by atoms with E-state index in [0.29, 0.717) is 6.54 Å². The first-order chi connectivity index (χ1) is 9.81. The van der Waals surface area contributed by atoms with Crippen LogP contribution in [0.5, 0.6) is 0 Å². The minimum atomic E-state index is 0.0189. The number of hydrogen-bond acceptors (Lipinski definition) is 2. The van der Waals surface area contributed by atoms with Crippen LogP contribution in [0.4, 0.5) is 0 Å². The second-order valence-electron chi connectivity index (χ2n) is 5.31. The third-order valence-corrected chi connectivity index (χ3v) is 3.79. The summed E-state index contributed by atoms with van der Waals surface area (Å²) in [7, 11) is 0. The van der Waals surface area contributed by atoms with E-state index in [1.165, 1.54) is 31.3 Å². The van der Waals surface area contributed by atoms with Crippen molar-refractivity contribution < 1.29 is 4.79 Å². The lowest BCUT2D eigenvalue weighted by Crippen LogP contribution is -2.26. The van der Waals surface area contributed by atoms with Crippen LogP contribution in [0.1, 0.15) is 48.0 Å². The first kappa shape index (κ1) is 14.8. The number of allylic oxidation sites excluding steroid dienone is 1. The monoisotopic (exact) mass is 272 g/mol. The fourth-order valence-electron chi connectivity index (χ4n) is 2.68. The van der Waals surface area contributed by atoms with Gasteiger partial charge in [-0.3, -0.25) is 4.79 Å².